The molecule has 5 heteroatoms. The van der Waals surface area contributed by atoms with E-state index in [4.69, 9.17) is 4.74 Å². The Bertz CT molecular complexity index is 1150. The van der Waals surface area contributed by atoms with Crippen molar-refractivity contribution >= 4 is 27.8 Å². The molecule has 0 saturated heterocycles. The minimum absolute atomic E-state index is 0.0716. The standard InChI is InChI=1S/C18H14N2O3/c1-11-9-17(21)20-15-6-4-3-5-13(15)14-10-12(18(22)23-2)7-8-16(14)19(11)20/h3-10H,1-2H3. The number of nitrogens with zero attached hydrogens (tertiary/aromatic N) is 2. The van der Waals surface area contributed by atoms with Crippen LogP contribution >= 0.6 is 0 Å². The third-order valence-corrected chi connectivity index (χ3v) is 4.14. The normalized spacial score (nSPS) is 11.4. The molecule has 0 atom stereocenters. The molecule has 0 aliphatic carbocycles. The van der Waals surface area contributed by atoms with Gasteiger partial charge in [0.25, 0.3) is 5.56 Å². The maximum Gasteiger partial charge on any atom is 0.337 e. The van der Waals surface area contributed by atoms with Crippen molar-refractivity contribution in [3.05, 3.63) is 70.1 Å². The molecule has 2 aromatic carbocycles. The van der Waals surface area contributed by atoms with Gasteiger partial charge in [0.15, 0.2) is 0 Å². The van der Waals surface area contributed by atoms with E-state index in [9.17, 15) is 9.59 Å². The monoisotopic (exact) mass is 306 g/mol. The van der Waals surface area contributed by atoms with Gasteiger partial charge < -0.3 is 4.74 Å². The third kappa shape index (κ3) is 1.80. The van der Waals surface area contributed by atoms with Crippen molar-refractivity contribution in [3.63, 3.8) is 0 Å². The van der Waals surface area contributed by atoms with Gasteiger partial charge in [-0.05, 0) is 31.2 Å². The first-order valence-electron chi connectivity index (χ1n) is 7.26. The van der Waals surface area contributed by atoms with Crippen molar-refractivity contribution in [2.24, 2.45) is 0 Å². The van der Waals surface area contributed by atoms with E-state index in [2.05, 4.69) is 0 Å². The number of hydrogen-bond donors (Lipinski definition) is 0. The van der Waals surface area contributed by atoms with Gasteiger partial charge in [-0.15, -0.1) is 0 Å². The first kappa shape index (κ1) is 13.6. The summed E-state index contributed by atoms with van der Waals surface area (Å²) in [6, 6.07) is 14.7. The number of carbonyl (C=O) groups is 1. The second-order valence-corrected chi connectivity index (χ2v) is 5.49. The molecule has 0 amide bonds. The lowest BCUT2D eigenvalue weighted by Crippen LogP contribution is -2.13. The summed E-state index contributed by atoms with van der Waals surface area (Å²) in [7, 11) is 1.36. The smallest absolute Gasteiger partial charge is 0.337 e. The Kier molecular flexibility index (Phi) is 2.78. The summed E-state index contributed by atoms with van der Waals surface area (Å²) in [6.07, 6.45) is 0. The highest BCUT2D eigenvalue weighted by Gasteiger charge is 2.14. The van der Waals surface area contributed by atoms with E-state index in [1.54, 1.807) is 16.6 Å². The Balaban J connectivity index is 2.31. The number of esters is 1. The first-order chi connectivity index (χ1) is 11.1. The SMILES string of the molecule is COC(=O)c1ccc2c(c1)c1ccccc1n1c(=O)cc(C)n21. The molecule has 0 N–H and O–H groups in total. The van der Waals surface area contributed by atoms with Crippen molar-refractivity contribution in [3.8, 4) is 0 Å². The van der Waals surface area contributed by atoms with Gasteiger partial charge in [-0.1, -0.05) is 18.2 Å². The predicted molar refractivity (Wildman–Crippen MR) is 88.2 cm³/mol. The number of benzene rings is 2. The Hall–Kier alpha value is -3.08. The zero-order valence-electron chi connectivity index (χ0n) is 12.7. The van der Waals surface area contributed by atoms with Crippen LogP contribution in [-0.2, 0) is 4.74 Å². The highest BCUT2D eigenvalue weighted by Crippen LogP contribution is 2.26. The summed E-state index contributed by atoms with van der Waals surface area (Å²) in [4.78, 5) is 24.2. The molecule has 23 heavy (non-hydrogen) atoms. The zero-order valence-corrected chi connectivity index (χ0v) is 12.7. The molecule has 0 spiro atoms. The number of aryl methyl sites for hydroxylation is 1. The fourth-order valence-corrected chi connectivity index (χ4v) is 3.15. The second kappa shape index (κ2) is 4.71. The maximum absolute atomic E-state index is 12.3. The van der Waals surface area contributed by atoms with Crippen molar-refractivity contribution in [1.82, 2.24) is 9.03 Å². The number of fused-ring (bicyclic) bond motifs is 6. The molecular weight excluding hydrogens is 292 g/mol. The summed E-state index contributed by atoms with van der Waals surface area (Å²) in [5.74, 6) is -0.377. The highest BCUT2D eigenvalue weighted by molar-refractivity contribution is 6.07. The van der Waals surface area contributed by atoms with Crippen LogP contribution in [0, 0.1) is 6.92 Å². The van der Waals surface area contributed by atoms with Gasteiger partial charge in [0.2, 0.25) is 0 Å². The lowest BCUT2D eigenvalue weighted by molar-refractivity contribution is 0.0601. The fraction of sp³-hybridized carbons (Fsp3) is 0.111. The number of para-hydroxylation sites is 1. The van der Waals surface area contributed by atoms with Crippen molar-refractivity contribution < 1.29 is 9.53 Å². The number of ether oxygens (including phenoxy) is 1. The number of methoxy groups -OCH3 is 1. The molecule has 5 nitrogen and oxygen atoms in total. The van der Waals surface area contributed by atoms with Crippen LogP contribution in [0.3, 0.4) is 0 Å². The lowest BCUT2D eigenvalue weighted by Gasteiger charge is -2.12. The maximum atomic E-state index is 12.3. The summed E-state index contributed by atoms with van der Waals surface area (Å²) >= 11 is 0. The van der Waals surface area contributed by atoms with Crippen LogP contribution in [0.1, 0.15) is 16.1 Å². The molecule has 2 aromatic heterocycles. The Morgan fingerprint density at radius 2 is 1.70 bits per heavy atom. The Labute approximate surface area is 131 Å². The van der Waals surface area contributed by atoms with Crippen LogP contribution in [0.15, 0.2) is 53.3 Å². The molecule has 0 fully saturated rings. The second-order valence-electron chi connectivity index (χ2n) is 5.49. The average Bonchev–Trinajstić information content (AvgIpc) is 2.88. The molecule has 0 saturated carbocycles. The quantitative estimate of drug-likeness (QED) is 0.401. The van der Waals surface area contributed by atoms with Gasteiger partial charge in [0, 0.05) is 22.5 Å². The van der Waals surface area contributed by atoms with E-state index in [0.717, 1.165) is 27.5 Å². The molecule has 0 radical (unpaired) electrons. The van der Waals surface area contributed by atoms with E-state index in [0.29, 0.717) is 5.56 Å². The summed E-state index contributed by atoms with van der Waals surface area (Å²) in [5, 5.41) is 1.82. The number of hydrogen-bond acceptors (Lipinski definition) is 3. The van der Waals surface area contributed by atoms with Gasteiger partial charge in [-0.2, -0.15) is 0 Å². The molecule has 0 aliphatic rings. The average molecular weight is 306 g/mol. The van der Waals surface area contributed by atoms with Crippen LogP contribution in [0.2, 0.25) is 0 Å². The Morgan fingerprint density at radius 1 is 0.957 bits per heavy atom. The van der Waals surface area contributed by atoms with E-state index in [1.165, 1.54) is 7.11 Å². The van der Waals surface area contributed by atoms with Crippen LogP contribution in [0.25, 0.3) is 21.8 Å². The van der Waals surface area contributed by atoms with Gasteiger partial charge >= 0.3 is 5.97 Å². The molecule has 0 bridgehead atoms. The van der Waals surface area contributed by atoms with E-state index >= 15 is 0 Å². The fourth-order valence-electron chi connectivity index (χ4n) is 3.15. The Morgan fingerprint density at radius 3 is 2.48 bits per heavy atom. The molecule has 114 valence electrons. The highest BCUT2D eigenvalue weighted by atomic mass is 16.5. The van der Waals surface area contributed by atoms with Crippen molar-refractivity contribution in [2.45, 2.75) is 6.92 Å². The van der Waals surface area contributed by atoms with Crippen molar-refractivity contribution in [1.29, 1.82) is 0 Å². The molecule has 4 rings (SSSR count). The zero-order chi connectivity index (χ0) is 16.1. The third-order valence-electron chi connectivity index (χ3n) is 4.14. The molecule has 0 unspecified atom stereocenters. The van der Waals surface area contributed by atoms with Crippen LogP contribution in [0.4, 0.5) is 0 Å². The topological polar surface area (TPSA) is 52.2 Å². The van der Waals surface area contributed by atoms with Gasteiger partial charge in [0.05, 0.1) is 23.7 Å². The molecular formula is C18H14N2O3. The van der Waals surface area contributed by atoms with Crippen LogP contribution in [-0.4, -0.2) is 22.1 Å². The van der Waals surface area contributed by atoms with Crippen LogP contribution < -0.4 is 5.56 Å². The molecule has 2 heterocycles. The largest absolute Gasteiger partial charge is 0.465 e. The van der Waals surface area contributed by atoms with Crippen molar-refractivity contribution in [2.75, 3.05) is 7.11 Å². The first-order valence-corrected chi connectivity index (χ1v) is 7.26. The minimum Gasteiger partial charge on any atom is -0.465 e. The van der Waals surface area contributed by atoms with Crippen LogP contribution in [0.5, 0.6) is 0 Å². The summed E-state index contributed by atoms with van der Waals surface area (Å²) in [6.45, 7) is 1.89. The van der Waals surface area contributed by atoms with E-state index < -0.39 is 0 Å². The minimum atomic E-state index is -0.377. The van der Waals surface area contributed by atoms with E-state index in [-0.39, 0.29) is 11.5 Å². The van der Waals surface area contributed by atoms with Gasteiger partial charge in [-0.3, -0.25) is 4.79 Å². The number of rotatable bonds is 1. The number of aromatic nitrogens is 2. The summed E-state index contributed by atoms with van der Waals surface area (Å²) < 4.78 is 8.35. The molecule has 4 aromatic rings. The van der Waals surface area contributed by atoms with Gasteiger partial charge in [0.1, 0.15) is 0 Å². The molecule has 0 aliphatic heterocycles. The lowest BCUT2D eigenvalue weighted by atomic mass is 10.1. The van der Waals surface area contributed by atoms with E-state index in [1.807, 2.05) is 47.8 Å². The predicted octanol–water partition coefficient (Wildman–Crippen LogP) is 2.80. The summed E-state index contributed by atoms with van der Waals surface area (Å²) in [5.41, 5.74) is 2.94. The number of carbonyl (C=O) groups excluding carboxylic acids is 1. The van der Waals surface area contributed by atoms with Gasteiger partial charge in [-0.25, -0.2) is 13.8 Å².